The second-order valence-electron chi connectivity index (χ2n) is 5.26. The SMILES string of the molecule is CCCNC(CN(CC)CCC)c1ccccc1C. The maximum Gasteiger partial charge on any atom is 0.0451 e. The smallest absolute Gasteiger partial charge is 0.0451 e. The number of benzene rings is 1. The fraction of sp³-hybridized carbons (Fsp3) is 0.647. The van der Waals surface area contributed by atoms with Gasteiger partial charge in [-0.2, -0.15) is 0 Å². The van der Waals surface area contributed by atoms with Crippen LogP contribution in [0.25, 0.3) is 0 Å². The molecule has 0 amide bonds. The first-order chi connectivity index (χ1) is 9.22. The maximum atomic E-state index is 3.71. The summed E-state index contributed by atoms with van der Waals surface area (Å²) in [5, 5.41) is 3.71. The molecule has 1 unspecified atom stereocenters. The van der Waals surface area contributed by atoms with Gasteiger partial charge in [0, 0.05) is 12.6 Å². The van der Waals surface area contributed by atoms with E-state index in [0.29, 0.717) is 6.04 Å². The van der Waals surface area contributed by atoms with Crippen LogP contribution in [0.2, 0.25) is 0 Å². The van der Waals surface area contributed by atoms with Crippen LogP contribution in [0.15, 0.2) is 24.3 Å². The molecule has 0 saturated carbocycles. The molecule has 0 aromatic heterocycles. The van der Waals surface area contributed by atoms with Gasteiger partial charge in [-0.15, -0.1) is 0 Å². The van der Waals surface area contributed by atoms with E-state index in [1.54, 1.807) is 0 Å². The third-order valence-corrected chi connectivity index (χ3v) is 3.63. The van der Waals surface area contributed by atoms with Crippen molar-refractivity contribution in [3.8, 4) is 0 Å². The van der Waals surface area contributed by atoms with E-state index < -0.39 is 0 Å². The predicted octanol–water partition coefficient (Wildman–Crippen LogP) is 3.77. The average Bonchev–Trinajstić information content (AvgIpc) is 2.43. The first-order valence-corrected chi connectivity index (χ1v) is 7.74. The molecule has 1 atom stereocenters. The monoisotopic (exact) mass is 262 g/mol. The van der Waals surface area contributed by atoms with E-state index >= 15 is 0 Å². The number of rotatable bonds is 9. The van der Waals surface area contributed by atoms with E-state index in [1.807, 2.05) is 0 Å². The lowest BCUT2D eigenvalue weighted by atomic mass is 10.0. The van der Waals surface area contributed by atoms with Crippen LogP contribution in [0.4, 0.5) is 0 Å². The fourth-order valence-corrected chi connectivity index (χ4v) is 2.52. The molecule has 0 aliphatic heterocycles. The average molecular weight is 262 g/mol. The van der Waals surface area contributed by atoms with Gasteiger partial charge in [0.05, 0.1) is 0 Å². The van der Waals surface area contributed by atoms with Gasteiger partial charge in [-0.05, 0) is 50.5 Å². The molecule has 0 heterocycles. The molecule has 0 aliphatic carbocycles. The van der Waals surface area contributed by atoms with E-state index in [9.17, 15) is 0 Å². The summed E-state index contributed by atoms with van der Waals surface area (Å²) in [6.07, 6.45) is 2.41. The molecule has 108 valence electrons. The minimum Gasteiger partial charge on any atom is -0.309 e. The summed E-state index contributed by atoms with van der Waals surface area (Å²) in [7, 11) is 0. The number of hydrogen-bond donors (Lipinski definition) is 1. The molecule has 1 N–H and O–H groups in total. The van der Waals surface area contributed by atoms with Crippen molar-refractivity contribution < 1.29 is 0 Å². The third kappa shape index (κ3) is 5.33. The molecular weight excluding hydrogens is 232 g/mol. The zero-order valence-corrected chi connectivity index (χ0v) is 13.1. The van der Waals surface area contributed by atoms with Crippen molar-refractivity contribution in [3.63, 3.8) is 0 Å². The van der Waals surface area contributed by atoms with Crippen LogP contribution < -0.4 is 5.32 Å². The second kappa shape index (κ2) is 9.11. The summed E-state index contributed by atoms with van der Waals surface area (Å²) in [5.74, 6) is 0. The summed E-state index contributed by atoms with van der Waals surface area (Å²) < 4.78 is 0. The molecule has 0 bridgehead atoms. The first-order valence-electron chi connectivity index (χ1n) is 7.74. The molecule has 1 aromatic rings. The van der Waals surface area contributed by atoms with Crippen molar-refractivity contribution in [1.29, 1.82) is 0 Å². The van der Waals surface area contributed by atoms with Crippen molar-refractivity contribution in [1.82, 2.24) is 10.2 Å². The van der Waals surface area contributed by atoms with Crippen molar-refractivity contribution in [3.05, 3.63) is 35.4 Å². The van der Waals surface area contributed by atoms with Gasteiger partial charge in [0.15, 0.2) is 0 Å². The maximum absolute atomic E-state index is 3.71. The second-order valence-corrected chi connectivity index (χ2v) is 5.26. The third-order valence-electron chi connectivity index (χ3n) is 3.63. The molecule has 19 heavy (non-hydrogen) atoms. The van der Waals surface area contributed by atoms with Gasteiger partial charge >= 0.3 is 0 Å². The van der Waals surface area contributed by atoms with E-state index in [-0.39, 0.29) is 0 Å². The van der Waals surface area contributed by atoms with E-state index in [1.165, 1.54) is 30.5 Å². The molecule has 0 aliphatic rings. The summed E-state index contributed by atoms with van der Waals surface area (Å²) in [4.78, 5) is 2.54. The highest BCUT2D eigenvalue weighted by molar-refractivity contribution is 5.29. The van der Waals surface area contributed by atoms with Gasteiger partial charge in [0.1, 0.15) is 0 Å². The number of hydrogen-bond acceptors (Lipinski definition) is 2. The lowest BCUT2D eigenvalue weighted by molar-refractivity contribution is 0.254. The van der Waals surface area contributed by atoms with Crippen LogP contribution in [-0.2, 0) is 0 Å². The van der Waals surface area contributed by atoms with E-state index in [2.05, 4.69) is 62.2 Å². The minimum absolute atomic E-state index is 0.452. The summed E-state index contributed by atoms with van der Waals surface area (Å²) in [6.45, 7) is 13.5. The summed E-state index contributed by atoms with van der Waals surface area (Å²) in [6, 6.07) is 9.21. The number of aryl methyl sites for hydroxylation is 1. The Hall–Kier alpha value is -0.860. The molecule has 1 rings (SSSR count). The van der Waals surface area contributed by atoms with Crippen LogP contribution in [0.5, 0.6) is 0 Å². The summed E-state index contributed by atoms with van der Waals surface area (Å²) in [5.41, 5.74) is 2.84. The normalized spacial score (nSPS) is 12.9. The quantitative estimate of drug-likeness (QED) is 0.729. The van der Waals surface area contributed by atoms with Gasteiger partial charge < -0.3 is 10.2 Å². The Kier molecular flexibility index (Phi) is 7.76. The van der Waals surface area contributed by atoms with Crippen LogP contribution in [0.1, 0.15) is 50.8 Å². The number of likely N-dealkylation sites (N-methyl/N-ethyl adjacent to an activating group) is 1. The van der Waals surface area contributed by atoms with Gasteiger partial charge in [-0.1, -0.05) is 45.0 Å². The minimum atomic E-state index is 0.452. The highest BCUT2D eigenvalue weighted by Crippen LogP contribution is 2.18. The van der Waals surface area contributed by atoms with Crippen LogP contribution in [0, 0.1) is 6.92 Å². The predicted molar refractivity (Wildman–Crippen MR) is 84.6 cm³/mol. The molecule has 1 aromatic carbocycles. The Morgan fingerprint density at radius 3 is 2.42 bits per heavy atom. The van der Waals surface area contributed by atoms with Crippen LogP contribution in [-0.4, -0.2) is 31.1 Å². The highest BCUT2D eigenvalue weighted by Gasteiger charge is 2.15. The fourth-order valence-electron chi connectivity index (χ4n) is 2.52. The Labute approximate surface area is 119 Å². The Morgan fingerprint density at radius 1 is 1.11 bits per heavy atom. The van der Waals surface area contributed by atoms with Crippen LogP contribution >= 0.6 is 0 Å². The lowest BCUT2D eigenvalue weighted by Gasteiger charge is -2.28. The zero-order chi connectivity index (χ0) is 14.1. The zero-order valence-electron chi connectivity index (χ0n) is 13.1. The van der Waals surface area contributed by atoms with Crippen molar-refractivity contribution in [2.75, 3.05) is 26.2 Å². The van der Waals surface area contributed by atoms with Gasteiger partial charge in [0.25, 0.3) is 0 Å². The van der Waals surface area contributed by atoms with E-state index in [4.69, 9.17) is 0 Å². The molecule has 0 spiro atoms. The largest absolute Gasteiger partial charge is 0.309 e. The van der Waals surface area contributed by atoms with Crippen molar-refractivity contribution in [2.24, 2.45) is 0 Å². The number of nitrogens with one attached hydrogen (secondary N) is 1. The van der Waals surface area contributed by atoms with Gasteiger partial charge in [0.2, 0.25) is 0 Å². The van der Waals surface area contributed by atoms with Crippen molar-refractivity contribution in [2.45, 2.75) is 46.6 Å². The topological polar surface area (TPSA) is 15.3 Å². The molecule has 0 fully saturated rings. The molecule has 0 radical (unpaired) electrons. The Balaban J connectivity index is 2.79. The van der Waals surface area contributed by atoms with Crippen molar-refractivity contribution >= 4 is 0 Å². The Bertz CT molecular complexity index is 349. The highest BCUT2D eigenvalue weighted by atomic mass is 15.1. The first kappa shape index (κ1) is 16.2. The molecule has 0 saturated heterocycles. The standard InChI is InChI=1S/C17H30N2/c1-5-12-18-17(14-19(7-3)13-6-2)16-11-9-8-10-15(16)4/h8-11,17-18H,5-7,12-14H2,1-4H3. The lowest BCUT2D eigenvalue weighted by Crippen LogP contribution is -2.36. The van der Waals surface area contributed by atoms with E-state index in [0.717, 1.165) is 19.6 Å². The Morgan fingerprint density at radius 2 is 1.84 bits per heavy atom. The summed E-state index contributed by atoms with van der Waals surface area (Å²) >= 11 is 0. The van der Waals surface area contributed by atoms with Crippen LogP contribution in [0.3, 0.4) is 0 Å². The molecular formula is C17H30N2. The van der Waals surface area contributed by atoms with Gasteiger partial charge in [-0.3, -0.25) is 0 Å². The molecule has 2 heteroatoms. The van der Waals surface area contributed by atoms with Gasteiger partial charge in [-0.25, -0.2) is 0 Å². The number of nitrogens with zero attached hydrogens (tertiary/aromatic N) is 1. The molecule has 2 nitrogen and oxygen atoms in total.